The van der Waals surface area contributed by atoms with Crippen molar-refractivity contribution in [1.29, 1.82) is 0 Å². The molecule has 5 nitrogen and oxygen atoms in total. The largest absolute Gasteiger partial charge is 0.450 e. The number of carbonyl (C=O) groups is 1. The van der Waals surface area contributed by atoms with Gasteiger partial charge in [-0.15, -0.1) is 0 Å². The van der Waals surface area contributed by atoms with Crippen molar-refractivity contribution in [1.82, 2.24) is 4.90 Å². The van der Waals surface area contributed by atoms with Crippen LogP contribution in [0.5, 0.6) is 0 Å². The molecule has 1 aliphatic rings. The summed E-state index contributed by atoms with van der Waals surface area (Å²) >= 11 is 0. The Labute approximate surface area is 95.5 Å². The summed E-state index contributed by atoms with van der Waals surface area (Å²) in [6.07, 6.45) is 3.08. The van der Waals surface area contributed by atoms with Crippen LogP contribution in [0.15, 0.2) is 4.99 Å². The number of rotatable bonds is 3. The van der Waals surface area contributed by atoms with Gasteiger partial charge < -0.3 is 9.64 Å². The number of hydrogen-bond acceptors (Lipinski definition) is 4. The van der Waals surface area contributed by atoms with Crippen molar-refractivity contribution >= 4 is 12.2 Å². The van der Waals surface area contributed by atoms with Crippen molar-refractivity contribution < 1.29 is 14.3 Å². The van der Waals surface area contributed by atoms with Crippen LogP contribution in [0.4, 0.5) is 4.79 Å². The van der Waals surface area contributed by atoms with Gasteiger partial charge in [-0.05, 0) is 32.6 Å². The first kappa shape index (κ1) is 12.7. The Morgan fingerprint density at radius 3 is 2.69 bits per heavy atom. The molecule has 0 spiro atoms. The van der Waals surface area contributed by atoms with E-state index in [0.717, 1.165) is 12.8 Å². The Hall–Kier alpha value is -1.35. The topological polar surface area (TPSA) is 59.0 Å². The van der Waals surface area contributed by atoms with Gasteiger partial charge in [0.15, 0.2) is 0 Å². The van der Waals surface area contributed by atoms with Crippen molar-refractivity contribution in [2.75, 3.05) is 19.7 Å². The molecule has 1 amide bonds. The van der Waals surface area contributed by atoms with Gasteiger partial charge in [-0.3, -0.25) is 0 Å². The van der Waals surface area contributed by atoms with Crippen LogP contribution in [0.1, 0.15) is 26.7 Å². The Morgan fingerprint density at radius 1 is 1.56 bits per heavy atom. The molecule has 0 aromatic rings. The van der Waals surface area contributed by atoms with E-state index in [1.165, 1.54) is 0 Å². The number of isocyanates is 1. The predicted octanol–water partition coefficient (Wildman–Crippen LogP) is 1.58. The molecule has 90 valence electrons. The molecule has 1 rings (SSSR count). The summed E-state index contributed by atoms with van der Waals surface area (Å²) in [4.78, 5) is 27.0. The number of carbonyl (C=O) groups excluding carboxylic acids is 2. The molecule has 5 heteroatoms. The van der Waals surface area contributed by atoms with Gasteiger partial charge in [0.25, 0.3) is 0 Å². The standard InChI is InChI=1S/C11H18N2O3/c1-3-16-11(15)13-6-4-10(5-7-13)9(2)12-8-14/h9-10H,3-7H2,1-2H3. The fourth-order valence-electron chi connectivity index (χ4n) is 1.97. The third-order valence-electron chi connectivity index (χ3n) is 3.00. The monoisotopic (exact) mass is 226 g/mol. The van der Waals surface area contributed by atoms with E-state index in [1.54, 1.807) is 17.9 Å². The zero-order chi connectivity index (χ0) is 12.0. The zero-order valence-electron chi connectivity index (χ0n) is 9.81. The van der Waals surface area contributed by atoms with E-state index >= 15 is 0 Å². The quantitative estimate of drug-likeness (QED) is 0.542. The van der Waals surface area contributed by atoms with Crippen molar-refractivity contribution in [2.24, 2.45) is 10.9 Å². The van der Waals surface area contributed by atoms with Crippen molar-refractivity contribution in [3.8, 4) is 0 Å². The molecule has 1 saturated heterocycles. The smallest absolute Gasteiger partial charge is 0.409 e. The van der Waals surface area contributed by atoms with E-state index in [9.17, 15) is 9.59 Å². The predicted molar refractivity (Wildman–Crippen MR) is 58.9 cm³/mol. The van der Waals surface area contributed by atoms with Crippen molar-refractivity contribution in [2.45, 2.75) is 32.7 Å². The summed E-state index contributed by atoms with van der Waals surface area (Å²) in [5.41, 5.74) is 0. The van der Waals surface area contributed by atoms with Gasteiger partial charge >= 0.3 is 6.09 Å². The molecule has 1 heterocycles. The number of piperidine rings is 1. The van der Waals surface area contributed by atoms with E-state index < -0.39 is 0 Å². The molecule has 1 fully saturated rings. The maximum Gasteiger partial charge on any atom is 0.409 e. The normalized spacial score (nSPS) is 18.8. The van der Waals surface area contributed by atoms with Crippen molar-refractivity contribution in [3.05, 3.63) is 0 Å². The second-order valence-electron chi connectivity index (χ2n) is 3.98. The molecule has 0 N–H and O–H groups in total. The average Bonchev–Trinajstić information content (AvgIpc) is 2.30. The number of ether oxygens (including phenoxy) is 1. The summed E-state index contributed by atoms with van der Waals surface area (Å²) in [7, 11) is 0. The summed E-state index contributed by atoms with van der Waals surface area (Å²) in [5.74, 6) is 0.368. The van der Waals surface area contributed by atoms with Crippen LogP contribution < -0.4 is 0 Å². The molecule has 1 atom stereocenters. The van der Waals surface area contributed by atoms with Gasteiger partial charge in [0.2, 0.25) is 6.08 Å². The molecule has 1 unspecified atom stereocenters. The first-order valence-electron chi connectivity index (χ1n) is 5.67. The highest BCUT2D eigenvalue weighted by atomic mass is 16.6. The third kappa shape index (κ3) is 3.35. The lowest BCUT2D eigenvalue weighted by molar-refractivity contribution is 0.0897. The Balaban J connectivity index is 2.39. The number of aliphatic imine (C=N–C) groups is 1. The van der Waals surface area contributed by atoms with E-state index in [-0.39, 0.29) is 12.1 Å². The second kappa shape index (κ2) is 6.28. The molecule has 0 radical (unpaired) electrons. The lowest BCUT2D eigenvalue weighted by Crippen LogP contribution is -2.40. The lowest BCUT2D eigenvalue weighted by atomic mass is 9.91. The zero-order valence-corrected chi connectivity index (χ0v) is 9.81. The Morgan fingerprint density at radius 2 is 2.19 bits per heavy atom. The summed E-state index contributed by atoms with van der Waals surface area (Å²) in [6.45, 7) is 5.48. The van der Waals surface area contributed by atoms with E-state index in [1.807, 2.05) is 6.92 Å². The van der Waals surface area contributed by atoms with Crippen LogP contribution in [-0.4, -0.2) is 42.8 Å². The van der Waals surface area contributed by atoms with Gasteiger partial charge in [0.1, 0.15) is 0 Å². The van der Waals surface area contributed by atoms with E-state index in [0.29, 0.717) is 25.6 Å². The van der Waals surface area contributed by atoms with Gasteiger partial charge in [0, 0.05) is 13.1 Å². The van der Waals surface area contributed by atoms with Gasteiger partial charge in [-0.1, -0.05) is 0 Å². The fourth-order valence-corrected chi connectivity index (χ4v) is 1.97. The molecule has 0 aromatic heterocycles. The number of amides is 1. The summed E-state index contributed by atoms with van der Waals surface area (Å²) < 4.78 is 4.93. The van der Waals surface area contributed by atoms with Gasteiger partial charge in [-0.25, -0.2) is 14.6 Å². The first-order valence-corrected chi connectivity index (χ1v) is 5.67. The SMILES string of the molecule is CCOC(=O)N1CCC(C(C)N=C=O)CC1. The van der Waals surface area contributed by atoms with Crippen LogP contribution in [-0.2, 0) is 9.53 Å². The fraction of sp³-hybridized carbons (Fsp3) is 0.818. The first-order chi connectivity index (χ1) is 7.69. The molecular weight excluding hydrogens is 208 g/mol. The maximum atomic E-state index is 11.4. The molecule has 1 aliphatic heterocycles. The van der Waals surface area contributed by atoms with E-state index in [2.05, 4.69) is 4.99 Å². The summed E-state index contributed by atoms with van der Waals surface area (Å²) in [5, 5.41) is 0. The van der Waals surface area contributed by atoms with Crippen LogP contribution in [0.25, 0.3) is 0 Å². The van der Waals surface area contributed by atoms with Crippen LogP contribution in [0.2, 0.25) is 0 Å². The minimum atomic E-state index is -0.243. The van der Waals surface area contributed by atoms with Crippen LogP contribution in [0.3, 0.4) is 0 Å². The maximum absolute atomic E-state index is 11.4. The molecular formula is C11H18N2O3. The highest BCUT2D eigenvalue weighted by molar-refractivity contribution is 5.67. The van der Waals surface area contributed by atoms with E-state index in [4.69, 9.17) is 4.74 Å². The van der Waals surface area contributed by atoms with Gasteiger partial charge in [-0.2, -0.15) is 0 Å². The third-order valence-corrected chi connectivity index (χ3v) is 3.00. The minimum Gasteiger partial charge on any atom is -0.450 e. The van der Waals surface area contributed by atoms with Gasteiger partial charge in [0.05, 0.1) is 12.6 Å². The second-order valence-corrected chi connectivity index (χ2v) is 3.98. The molecule has 0 aromatic carbocycles. The average molecular weight is 226 g/mol. The highest BCUT2D eigenvalue weighted by Gasteiger charge is 2.26. The molecule has 0 bridgehead atoms. The van der Waals surface area contributed by atoms with Crippen molar-refractivity contribution in [3.63, 3.8) is 0 Å². The molecule has 0 aliphatic carbocycles. The minimum absolute atomic E-state index is 0.00171. The summed E-state index contributed by atoms with van der Waals surface area (Å²) in [6, 6.07) is 0.00171. The number of nitrogens with zero attached hydrogens (tertiary/aromatic N) is 2. The number of hydrogen-bond donors (Lipinski definition) is 0. The molecule has 0 saturated carbocycles. The number of likely N-dealkylation sites (tertiary alicyclic amines) is 1. The lowest BCUT2D eigenvalue weighted by Gasteiger charge is -2.32. The van der Waals surface area contributed by atoms with Crippen LogP contribution >= 0.6 is 0 Å². The Kier molecular flexibility index (Phi) is 4.99. The molecule has 16 heavy (non-hydrogen) atoms. The van der Waals surface area contributed by atoms with Crippen LogP contribution in [0, 0.1) is 5.92 Å². The Bertz CT molecular complexity index is 279. The highest BCUT2D eigenvalue weighted by Crippen LogP contribution is 2.22.